The molecule has 112 valence electrons. The molecule has 2 unspecified atom stereocenters. The van der Waals surface area contributed by atoms with Crippen LogP contribution >= 0.6 is 15.9 Å². The number of benzene rings is 1. The third-order valence-corrected chi connectivity index (χ3v) is 4.75. The van der Waals surface area contributed by atoms with Crippen LogP contribution in [-0.4, -0.2) is 36.2 Å². The maximum absolute atomic E-state index is 12.1. The van der Waals surface area contributed by atoms with Crippen molar-refractivity contribution in [1.82, 2.24) is 5.32 Å². The number of carboxylic acids is 1. The van der Waals surface area contributed by atoms with Gasteiger partial charge in [-0.05, 0) is 29.5 Å². The standard InChI is InChI=1S/C15H16BrNO4/c16-9-3-1-8(2-4-9)5-12(15(19)20)17-14(18)13-10-6-21-7-11(10)13/h1-4,10-13H,5-7H2,(H,17,18)(H,19,20)/t10-,11+,12?,13?. The number of fused-ring (bicyclic) bond motifs is 1. The fourth-order valence-corrected chi connectivity index (χ4v) is 3.22. The number of amides is 1. The van der Waals surface area contributed by atoms with Crippen molar-refractivity contribution >= 4 is 27.8 Å². The Bertz CT molecular complexity index is 549. The molecule has 4 atom stereocenters. The summed E-state index contributed by atoms with van der Waals surface area (Å²) in [4.78, 5) is 23.5. The molecule has 1 aliphatic heterocycles. The van der Waals surface area contributed by atoms with Crippen molar-refractivity contribution in [2.45, 2.75) is 12.5 Å². The molecule has 3 rings (SSSR count). The lowest BCUT2D eigenvalue weighted by Gasteiger charge is -2.15. The molecule has 0 bridgehead atoms. The van der Waals surface area contributed by atoms with Crippen LogP contribution in [0.1, 0.15) is 5.56 Å². The summed E-state index contributed by atoms with van der Waals surface area (Å²) in [6.45, 7) is 1.24. The number of halogens is 1. The van der Waals surface area contributed by atoms with Crippen molar-refractivity contribution < 1.29 is 19.4 Å². The number of carbonyl (C=O) groups is 2. The van der Waals surface area contributed by atoms with Gasteiger partial charge < -0.3 is 15.2 Å². The first-order chi connectivity index (χ1) is 10.1. The van der Waals surface area contributed by atoms with E-state index in [1.54, 1.807) is 0 Å². The smallest absolute Gasteiger partial charge is 0.326 e. The highest BCUT2D eigenvalue weighted by Crippen LogP contribution is 2.50. The summed E-state index contributed by atoms with van der Waals surface area (Å²) in [6, 6.07) is 6.54. The number of nitrogens with one attached hydrogen (secondary N) is 1. The lowest BCUT2D eigenvalue weighted by molar-refractivity contribution is -0.142. The lowest BCUT2D eigenvalue weighted by Crippen LogP contribution is -2.43. The number of aliphatic carboxylic acids is 1. The molecule has 1 heterocycles. The molecule has 0 aromatic heterocycles. The first kappa shape index (κ1) is 14.5. The van der Waals surface area contributed by atoms with Gasteiger partial charge >= 0.3 is 5.97 Å². The maximum Gasteiger partial charge on any atom is 0.326 e. The molecule has 1 saturated carbocycles. The van der Waals surface area contributed by atoms with Crippen molar-refractivity contribution in [2.75, 3.05) is 13.2 Å². The van der Waals surface area contributed by atoms with Crippen LogP contribution in [0.3, 0.4) is 0 Å². The molecular weight excluding hydrogens is 338 g/mol. The molecule has 1 saturated heterocycles. The summed E-state index contributed by atoms with van der Waals surface area (Å²) >= 11 is 3.34. The van der Waals surface area contributed by atoms with Crippen molar-refractivity contribution in [3.63, 3.8) is 0 Å². The van der Waals surface area contributed by atoms with Gasteiger partial charge in [0.2, 0.25) is 5.91 Å². The molecule has 6 heteroatoms. The average Bonchev–Trinajstić information content (AvgIpc) is 2.94. The van der Waals surface area contributed by atoms with Gasteiger partial charge in [-0.15, -0.1) is 0 Å². The number of hydrogen-bond acceptors (Lipinski definition) is 3. The fraction of sp³-hybridized carbons (Fsp3) is 0.467. The third-order valence-electron chi connectivity index (χ3n) is 4.22. The molecule has 2 fully saturated rings. The first-order valence-electron chi connectivity index (χ1n) is 6.91. The molecule has 2 N–H and O–H groups in total. The quantitative estimate of drug-likeness (QED) is 0.840. The highest BCUT2D eigenvalue weighted by atomic mass is 79.9. The van der Waals surface area contributed by atoms with Crippen LogP contribution in [0.25, 0.3) is 0 Å². The molecule has 0 radical (unpaired) electrons. The minimum atomic E-state index is -1.01. The normalized spacial score (nSPS) is 27.8. The summed E-state index contributed by atoms with van der Waals surface area (Å²) in [6.07, 6.45) is 0.285. The van der Waals surface area contributed by atoms with Crippen molar-refractivity contribution in [3.8, 4) is 0 Å². The van der Waals surface area contributed by atoms with E-state index in [-0.39, 0.29) is 30.1 Å². The topological polar surface area (TPSA) is 75.6 Å². The Morgan fingerprint density at radius 1 is 1.29 bits per heavy atom. The van der Waals surface area contributed by atoms with Gasteiger partial charge in [0.1, 0.15) is 6.04 Å². The van der Waals surface area contributed by atoms with Crippen molar-refractivity contribution in [3.05, 3.63) is 34.3 Å². The van der Waals surface area contributed by atoms with Crippen molar-refractivity contribution in [2.24, 2.45) is 17.8 Å². The third kappa shape index (κ3) is 3.11. The highest BCUT2D eigenvalue weighted by molar-refractivity contribution is 9.10. The second kappa shape index (κ2) is 5.77. The van der Waals surface area contributed by atoms with Gasteiger partial charge in [-0.25, -0.2) is 4.79 Å². The summed E-state index contributed by atoms with van der Waals surface area (Å²) < 4.78 is 6.18. The van der Waals surface area contributed by atoms with E-state index in [0.29, 0.717) is 13.2 Å². The van der Waals surface area contributed by atoms with Crippen LogP contribution in [0.2, 0.25) is 0 Å². The van der Waals surface area contributed by atoms with Gasteiger partial charge in [0.05, 0.1) is 13.2 Å². The van der Waals surface area contributed by atoms with E-state index in [1.807, 2.05) is 24.3 Å². The fourth-order valence-electron chi connectivity index (χ4n) is 2.95. The second-order valence-corrected chi connectivity index (χ2v) is 6.54. The van der Waals surface area contributed by atoms with Gasteiger partial charge in [-0.1, -0.05) is 28.1 Å². The number of hydrogen-bond donors (Lipinski definition) is 2. The van der Waals surface area contributed by atoms with E-state index in [9.17, 15) is 14.7 Å². The zero-order valence-electron chi connectivity index (χ0n) is 11.3. The molecular formula is C15H16BrNO4. The van der Waals surface area contributed by atoms with Crippen LogP contribution < -0.4 is 5.32 Å². The van der Waals surface area contributed by atoms with Crippen LogP contribution in [0.5, 0.6) is 0 Å². The monoisotopic (exact) mass is 353 g/mol. The van der Waals surface area contributed by atoms with E-state index in [1.165, 1.54) is 0 Å². The largest absolute Gasteiger partial charge is 0.480 e. The zero-order chi connectivity index (χ0) is 15.0. The van der Waals surface area contributed by atoms with Crippen LogP contribution in [0.4, 0.5) is 0 Å². The Morgan fingerprint density at radius 3 is 2.48 bits per heavy atom. The first-order valence-corrected chi connectivity index (χ1v) is 7.71. The number of carbonyl (C=O) groups excluding carboxylic acids is 1. The Hall–Kier alpha value is -1.40. The van der Waals surface area contributed by atoms with Crippen LogP contribution in [-0.2, 0) is 20.7 Å². The van der Waals surface area contributed by atoms with E-state index >= 15 is 0 Å². The highest BCUT2D eigenvalue weighted by Gasteiger charge is 2.58. The minimum Gasteiger partial charge on any atom is -0.480 e. The molecule has 5 nitrogen and oxygen atoms in total. The van der Waals surface area contributed by atoms with Gasteiger partial charge in [0.15, 0.2) is 0 Å². The summed E-state index contributed by atoms with van der Waals surface area (Å²) in [5.74, 6) is -0.657. The molecule has 0 spiro atoms. The van der Waals surface area contributed by atoms with Gasteiger partial charge in [-0.3, -0.25) is 4.79 Å². The van der Waals surface area contributed by atoms with Crippen LogP contribution in [0, 0.1) is 17.8 Å². The number of ether oxygens (including phenoxy) is 1. The minimum absolute atomic E-state index is 0.0643. The zero-order valence-corrected chi connectivity index (χ0v) is 12.9. The molecule has 2 aliphatic rings. The molecule has 21 heavy (non-hydrogen) atoms. The van der Waals surface area contributed by atoms with E-state index in [4.69, 9.17) is 4.74 Å². The molecule has 1 aromatic carbocycles. The number of carboxylic acid groups (broad SMARTS) is 1. The van der Waals surface area contributed by atoms with Crippen LogP contribution in [0.15, 0.2) is 28.7 Å². The van der Waals surface area contributed by atoms with Gasteiger partial charge in [0.25, 0.3) is 0 Å². The predicted octanol–water partition coefficient (Wildman–Crippen LogP) is 1.45. The lowest BCUT2D eigenvalue weighted by atomic mass is 10.1. The Balaban J connectivity index is 1.61. The Morgan fingerprint density at radius 2 is 1.90 bits per heavy atom. The average molecular weight is 354 g/mol. The van der Waals surface area contributed by atoms with E-state index in [2.05, 4.69) is 21.2 Å². The molecule has 1 amide bonds. The van der Waals surface area contributed by atoms with E-state index in [0.717, 1.165) is 10.0 Å². The summed E-state index contributed by atoms with van der Waals surface area (Å²) in [7, 11) is 0. The predicted molar refractivity (Wildman–Crippen MR) is 78.7 cm³/mol. The maximum atomic E-state index is 12.1. The second-order valence-electron chi connectivity index (χ2n) is 5.62. The van der Waals surface area contributed by atoms with Crippen molar-refractivity contribution in [1.29, 1.82) is 0 Å². The van der Waals surface area contributed by atoms with Gasteiger partial charge in [0, 0.05) is 16.8 Å². The van der Waals surface area contributed by atoms with Gasteiger partial charge in [-0.2, -0.15) is 0 Å². The Kier molecular flexibility index (Phi) is 3.99. The molecule has 1 aromatic rings. The summed E-state index contributed by atoms with van der Waals surface area (Å²) in [5, 5.41) is 12.0. The molecule has 1 aliphatic carbocycles. The number of rotatable bonds is 5. The SMILES string of the molecule is O=C(O)C(Cc1ccc(Br)cc1)NC(=O)C1[C@H]2COC[C@@H]12. The Labute approximate surface area is 130 Å². The van der Waals surface area contributed by atoms with E-state index < -0.39 is 12.0 Å². The summed E-state index contributed by atoms with van der Waals surface area (Å²) in [5.41, 5.74) is 0.880.